The van der Waals surface area contributed by atoms with Crippen LogP contribution in [0.5, 0.6) is 0 Å². The Morgan fingerprint density at radius 1 is 0.759 bits per heavy atom. The summed E-state index contributed by atoms with van der Waals surface area (Å²) >= 11 is 0. The van der Waals surface area contributed by atoms with Gasteiger partial charge >= 0.3 is 0 Å². The number of hydrogen-bond acceptors (Lipinski definition) is 5. The molecule has 0 saturated carbocycles. The summed E-state index contributed by atoms with van der Waals surface area (Å²) in [6.07, 6.45) is 10.3. The van der Waals surface area contributed by atoms with E-state index < -0.39 is 11.5 Å². The number of allylic oxidation sites excluding steroid dienone is 2. The van der Waals surface area contributed by atoms with E-state index >= 15 is 0 Å². The first-order valence-electron chi connectivity index (χ1n) is 9.35. The van der Waals surface area contributed by atoms with E-state index in [1.807, 2.05) is 72.8 Å². The number of aromatic nitrogens is 2. The lowest BCUT2D eigenvalue weighted by Crippen LogP contribution is -2.32. The molecule has 0 spiro atoms. The molecule has 2 aromatic carbocycles. The van der Waals surface area contributed by atoms with Crippen LogP contribution in [0.4, 0.5) is 0 Å². The van der Waals surface area contributed by atoms with E-state index in [0.29, 0.717) is 17.3 Å². The maximum Gasteiger partial charge on any atom is 0.231 e. The molecule has 2 heterocycles. The van der Waals surface area contributed by atoms with Crippen molar-refractivity contribution in [3.8, 4) is 22.5 Å². The van der Waals surface area contributed by atoms with Gasteiger partial charge in [0.15, 0.2) is 5.60 Å². The van der Waals surface area contributed by atoms with E-state index in [4.69, 9.17) is 8.83 Å². The van der Waals surface area contributed by atoms with Crippen molar-refractivity contribution in [2.45, 2.75) is 11.5 Å². The zero-order chi connectivity index (χ0) is 19.7. The first kappa shape index (κ1) is 17.4. The van der Waals surface area contributed by atoms with Crippen molar-refractivity contribution < 1.29 is 13.9 Å². The van der Waals surface area contributed by atoms with Gasteiger partial charge in [0, 0.05) is 11.1 Å². The maximum absolute atomic E-state index is 11.5. The molecule has 0 fully saturated rings. The summed E-state index contributed by atoms with van der Waals surface area (Å²) in [6.45, 7) is 0. The Kier molecular flexibility index (Phi) is 4.22. The van der Waals surface area contributed by atoms with Crippen molar-refractivity contribution in [3.05, 3.63) is 109 Å². The van der Waals surface area contributed by atoms with Gasteiger partial charge in [0.2, 0.25) is 11.8 Å². The first-order valence-corrected chi connectivity index (χ1v) is 9.35. The van der Waals surface area contributed by atoms with Gasteiger partial charge in [-0.05, 0) is 6.08 Å². The molecule has 5 nitrogen and oxygen atoms in total. The van der Waals surface area contributed by atoms with Crippen LogP contribution < -0.4 is 0 Å². The van der Waals surface area contributed by atoms with Gasteiger partial charge in [-0.15, -0.1) is 0 Å². The molecule has 4 aromatic rings. The number of rotatable bonds is 4. The summed E-state index contributed by atoms with van der Waals surface area (Å²) < 4.78 is 11.4. The van der Waals surface area contributed by atoms with Gasteiger partial charge in [-0.2, -0.15) is 0 Å². The molecule has 5 heteroatoms. The third-order valence-corrected chi connectivity index (χ3v) is 5.01. The van der Waals surface area contributed by atoms with E-state index in [1.165, 1.54) is 0 Å². The highest BCUT2D eigenvalue weighted by atomic mass is 16.4. The van der Waals surface area contributed by atoms with Crippen molar-refractivity contribution in [1.29, 1.82) is 0 Å². The maximum atomic E-state index is 11.5. The molecule has 1 aliphatic rings. The molecule has 0 saturated heterocycles. The fraction of sp³-hybridized carbons (Fsp3) is 0.0833. The second kappa shape index (κ2) is 7.04. The largest absolute Gasteiger partial charge is 0.448 e. The Labute approximate surface area is 167 Å². The third kappa shape index (κ3) is 3.11. The molecule has 2 unspecified atom stereocenters. The topological polar surface area (TPSA) is 72.3 Å². The van der Waals surface area contributed by atoms with Crippen LogP contribution in [0.3, 0.4) is 0 Å². The van der Waals surface area contributed by atoms with Crippen LogP contribution in [0.25, 0.3) is 22.5 Å². The van der Waals surface area contributed by atoms with Gasteiger partial charge < -0.3 is 13.9 Å². The summed E-state index contributed by atoms with van der Waals surface area (Å²) in [5.41, 5.74) is 1.74. The Hall–Kier alpha value is -3.70. The number of benzene rings is 2. The van der Waals surface area contributed by atoms with E-state index in [0.717, 1.165) is 11.1 Å². The van der Waals surface area contributed by atoms with Gasteiger partial charge in [-0.3, -0.25) is 0 Å². The quantitative estimate of drug-likeness (QED) is 0.532. The summed E-state index contributed by atoms with van der Waals surface area (Å²) in [4.78, 5) is 9.15. The molecule has 0 aliphatic heterocycles. The van der Waals surface area contributed by atoms with Crippen molar-refractivity contribution in [1.82, 2.24) is 9.97 Å². The zero-order valence-electron chi connectivity index (χ0n) is 15.5. The number of hydrogen-bond donors (Lipinski definition) is 1. The monoisotopic (exact) mass is 382 g/mol. The molecule has 1 aliphatic carbocycles. The highest BCUT2D eigenvalue weighted by Crippen LogP contribution is 2.42. The van der Waals surface area contributed by atoms with Crippen LogP contribution in [0, 0.1) is 0 Å². The molecule has 0 bridgehead atoms. The Bertz CT molecular complexity index is 1180. The van der Waals surface area contributed by atoms with E-state index in [9.17, 15) is 5.11 Å². The van der Waals surface area contributed by atoms with Gasteiger partial charge in [0.25, 0.3) is 0 Å². The lowest BCUT2D eigenvalue weighted by molar-refractivity contribution is 0.0354. The minimum absolute atomic E-state index is 0.196. The second-order valence-electron chi connectivity index (χ2n) is 6.89. The standard InChI is InChI=1S/C24H18N2O3/c27-24(23-26-21(16-29-23)18-11-5-2-6-12-18)14-8-7-13-19(24)22-25-20(15-28-22)17-9-3-1-4-10-17/h1-16,19,27H. The summed E-state index contributed by atoms with van der Waals surface area (Å²) in [7, 11) is 0. The minimum Gasteiger partial charge on any atom is -0.448 e. The smallest absolute Gasteiger partial charge is 0.231 e. The lowest BCUT2D eigenvalue weighted by Gasteiger charge is -2.28. The van der Waals surface area contributed by atoms with Crippen molar-refractivity contribution in [2.24, 2.45) is 0 Å². The first-order chi connectivity index (χ1) is 14.2. The summed E-state index contributed by atoms with van der Waals surface area (Å²) in [5.74, 6) is 0.0278. The predicted octanol–water partition coefficient (Wildman–Crippen LogP) is 5.09. The molecular formula is C24H18N2O3. The summed E-state index contributed by atoms with van der Waals surface area (Å²) in [5, 5.41) is 11.5. The van der Waals surface area contributed by atoms with Crippen molar-refractivity contribution >= 4 is 0 Å². The SMILES string of the molecule is OC1(c2nc(-c3ccccc3)co2)C=CC=CC1c1nc(-c2ccccc2)co1. The Balaban J connectivity index is 1.51. The highest BCUT2D eigenvalue weighted by molar-refractivity contribution is 5.59. The molecule has 2 atom stereocenters. The predicted molar refractivity (Wildman–Crippen MR) is 109 cm³/mol. The molecule has 2 aromatic heterocycles. The molecule has 1 N–H and O–H groups in total. The minimum atomic E-state index is -1.50. The van der Waals surface area contributed by atoms with Gasteiger partial charge in [-0.25, -0.2) is 9.97 Å². The van der Waals surface area contributed by atoms with Crippen LogP contribution in [0.2, 0.25) is 0 Å². The van der Waals surface area contributed by atoms with E-state index in [1.54, 1.807) is 24.7 Å². The normalized spacial score (nSPS) is 20.8. The molecule has 5 rings (SSSR count). The Morgan fingerprint density at radius 2 is 1.38 bits per heavy atom. The lowest BCUT2D eigenvalue weighted by atomic mass is 9.83. The molecule has 0 radical (unpaired) electrons. The van der Waals surface area contributed by atoms with Gasteiger partial charge in [0.05, 0.1) is 5.92 Å². The highest BCUT2D eigenvalue weighted by Gasteiger charge is 2.44. The van der Waals surface area contributed by atoms with Crippen LogP contribution in [0.15, 0.2) is 106 Å². The Morgan fingerprint density at radius 3 is 2.07 bits per heavy atom. The van der Waals surface area contributed by atoms with E-state index in [2.05, 4.69) is 9.97 Å². The number of aliphatic hydroxyl groups is 1. The van der Waals surface area contributed by atoms with E-state index in [-0.39, 0.29) is 5.89 Å². The summed E-state index contributed by atoms with van der Waals surface area (Å²) in [6, 6.07) is 19.5. The second-order valence-corrected chi connectivity index (χ2v) is 6.89. The average Bonchev–Trinajstić information content (AvgIpc) is 3.46. The van der Waals surface area contributed by atoms with Crippen molar-refractivity contribution in [2.75, 3.05) is 0 Å². The number of nitrogens with zero attached hydrogens (tertiary/aromatic N) is 2. The average molecular weight is 382 g/mol. The fourth-order valence-electron chi connectivity index (χ4n) is 3.47. The number of oxazole rings is 2. The van der Waals surface area contributed by atoms with Crippen LogP contribution in [-0.2, 0) is 5.60 Å². The zero-order valence-corrected chi connectivity index (χ0v) is 15.5. The molecule has 0 amide bonds. The molecule has 29 heavy (non-hydrogen) atoms. The van der Waals surface area contributed by atoms with Gasteiger partial charge in [0.1, 0.15) is 23.9 Å². The van der Waals surface area contributed by atoms with Crippen LogP contribution in [0.1, 0.15) is 17.7 Å². The van der Waals surface area contributed by atoms with Crippen LogP contribution in [-0.4, -0.2) is 15.1 Å². The fourth-order valence-corrected chi connectivity index (χ4v) is 3.47. The van der Waals surface area contributed by atoms with Crippen LogP contribution >= 0.6 is 0 Å². The van der Waals surface area contributed by atoms with Gasteiger partial charge in [-0.1, -0.05) is 78.9 Å². The molecule has 142 valence electrons. The van der Waals surface area contributed by atoms with Crippen molar-refractivity contribution in [3.63, 3.8) is 0 Å². The molecular weight excluding hydrogens is 364 g/mol. The third-order valence-electron chi connectivity index (χ3n) is 5.01.